The lowest BCUT2D eigenvalue weighted by molar-refractivity contribution is -0.141. The molecule has 0 spiro atoms. The fourth-order valence-corrected chi connectivity index (χ4v) is 0.964. The zero-order valence-corrected chi connectivity index (χ0v) is 8.01. The minimum Gasteiger partial charge on any atom is -0.464 e. The van der Waals surface area contributed by atoms with Gasteiger partial charge in [0.05, 0.1) is 0 Å². The van der Waals surface area contributed by atoms with E-state index in [1.807, 2.05) is 0 Å². The minimum atomic E-state index is -0.249. The second kappa shape index (κ2) is 7.10. The summed E-state index contributed by atoms with van der Waals surface area (Å²) in [6.45, 7) is 3.91. The van der Waals surface area contributed by atoms with Crippen LogP contribution in [0.3, 0.4) is 0 Å². The van der Waals surface area contributed by atoms with Crippen LogP contribution < -0.4 is 5.73 Å². The molecule has 0 amide bonds. The summed E-state index contributed by atoms with van der Waals surface area (Å²) in [6, 6.07) is 0.0143. The molecule has 0 rings (SSSR count). The summed E-state index contributed by atoms with van der Waals surface area (Å²) in [5.41, 5.74) is 5.69. The van der Waals surface area contributed by atoms with Crippen LogP contribution in [0, 0.1) is 0 Å². The van der Waals surface area contributed by atoms with Gasteiger partial charge in [-0.15, -0.1) is 0 Å². The molecule has 3 nitrogen and oxygen atoms in total. The fourth-order valence-electron chi connectivity index (χ4n) is 0.964. The predicted octanol–water partition coefficient (Wildman–Crippen LogP) is 1.46. The van der Waals surface area contributed by atoms with Crippen LogP contribution in [0.5, 0.6) is 0 Å². The fraction of sp³-hybridized carbons (Fsp3) is 0.889. The van der Waals surface area contributed by atoms with Crippen LogP contribution in [-0.4, -0.2) is 18.6 Å². The number of rotatable bonds is 6. The molecule has 12 heavy (non-hydrogen) atoms. The van der Waals surface area contributed by atoms with E-state index in [0.29, 0.717) is 6.61 Å². The van der Waals surface area contributed by atoms with Crippen LogP contribution in [0.1, 0.15) is 39.5 Å². The van der Waals surface area contributed by atoms with E-state index >= 15 is 0 Å². The Morgan fingerprint density at radius 3 is 2.67 bits per heavy atom. The number of hydrogen-bond donors (Lipinski definition) is 1. The Morgan fingerprint density at radius 2 is 2.17 bits per heavy atom. The molecule has 0 bridgehead atoms. The maximum atomic E-state index is 10.4. The van der Waals surface area contributed by atoms with Crippen molar-refractivity contribution >= 4 is 5.97 Å². The Hall–Kier alpha value is -0.570. The molecule has 0 saturated carbocycles. The normalized spacial score (nSPS) is 12.6. The predicted molar refractivity (Wildman–Crippen MR) is 48.8 cm³/mol. The Labute approximate surface area is 74.3 Å². The monoisotopic (exact) mass is 173 g/mol. The molecule has 3 heteroatoms. The third kappa shape index (κ3) is 7.54. The number of carbonyl (C=O) groups is 1. The highest BCUT2D eigenvalue weighted by atomic mass is 16.5. The van der Waals surface area contributed by atoms with E-state index < -0.39 is 0 Å². The van der Waals surface area contributed by atoms with Gasteiger partial charge in [0.2, 0.25) is 0 Å². The second-order valence-electron chi connectivity index (χ2n) is 3.06. The maximum Gasteiger partial charge on any atom is 0.302 e. The first-order valence-electron chi connectivity index (χ1n) is 4.55. The van der Waals surface area contributed by atoms with Gasteiger partial charge in [0.25, 0.3) is 0 Å². The van der Waals surface area contributed by atoms with Gasteiger partial charge in [-0.25, -0.2) is 0 Å². The molecule has 0 heterocycles. The largest absolute Gasteiger partial charge is 0.464 e. The minimum absolute atomic E-state index is 0.0143. The molecule has 1 unspecified atom stereocenters. The van der Waals surface area contributed by atoms with Gasteiger partial charge in [0, 0.05) is 13.0 Å². The van der Waals surface area contributed by atoms with Crippen molar-refractivity contribution in [3.05, 3.63) is 0 Å². The van der Waals surface area contributed by atoms with Crippen LogP contribution in [0.25, 0.3) is 0 Å². The molecule has 0 aliphatic rings. The van der Waals surface area contributed by atoms with Gasteiger partial charge in [0.15, 0.2) is 0 Å². The quantitative estimate of drug-likeness (QED) is 0.488. The molecular formula is C9H19NO2. The lowest BCUT2D eigenvalue weighted by Crippen LogP contribution is -2.27. The van der Waals surface area contributed by atoms with E-state index in [1.54, 1.807) is 0 Å². The highest BCUT2D eigenvalue weighted by Crippen LogP contribution is 2.01. The summed E-state index contributed by atoms with van der Waals surface area (Å²) in [7, 11) is 0. The number of hydrogen-bond acceptors (Lipinski definition) is 3. The molecule has 0 aromatic rings. The van der Waals surface area contributed by atoms with Crippen molar-refractivity contribution < 1.29 is 9.53 Å². The Balaban J connectivity index is 3.21. The zero-order chi connectivity index (χ0) is 9.40. The summed E-state index contributed by atoms with van der Waals surface area (Å²) in [6.07, 6.45) is 4.47. The summed E-state index contributed by atoms with van der Waals surface area (Å²) in [5.74, 6) is -0.249. The van der Waals surface area contributed by atoms with Crippen molar-refractivity contribution in [2.45, 2.75) is 45.6 Å². The number of nitrogens with two attached hydrogens (primary N) is 1. The third-order valence-corrected chi connectivity index (χ3v) is 1.68. The topological polar surface area (TPSA) is 52.3 Å². The van der Waals surface area contributed by atoms with E-state index in [-0.39, 0.29) is 12.0 Å². The number of ether oxygens (including phenoxy) is 1. The molecule has 2 N–H and O–H groups in total. The van der Waals surface area contributed by atoms with Crippen LogP contribution in [0.4, 0.5) is 0 Å². The van der Waals surface area contributed by atoms with Crippen molar-refractivity contribution in [1.29, 1.82) is 0 Å². The highest BCUT2D eigenvalue weighted by Gasteiger charge is 2.03. The number of carbonyl (C=O) groups excluding carboxylic acids is 1. The molecular weight excluding hydrogens is 154 g/mol. The van der Waals surface area contributed by atoms with Crippen molar-refractivity contribution in [2.24, 2.45) is 5.73 Å². The summed E-state index contributed by atoms with van der Waals surface area (Å²) in [4.78, 5) is 10.4. The Kier molecular flexibility index (Phi) is 6.76. The van der Waals surface area contributed by atoms with E-state index in [2.05, 4.69) is 6.92 Å². The number of esters is 1. The van der Waals surface area contributed by atoms with Crippen LogP contribution in [0.15, 0.2) is 0 Å². The molecule has 1 atom stereocenters. The van der Waals surface area contributed by atoms with Crippen molar-refractivity contribution in [3.63, 3.8) is 0 Å². The molecule has 0 saturated heterocycles. The van der Waals surface area contributed by atoms with Crippen LogP contribution in [0.2, 0.25) is 0 Å². The highest BCUT2D eigenvalue weighted by molar-refractivity contribution is 5.65. The van der Waals surface area contributed by atoms with Crippen LogP contribution >= 0.6 is 0 Å². The average Bonchev–Trinajstić information content (AvgIpc) is 2.01. The van der Waals surface area contributed by atoms with E-state index in [0.717, 1.165) is 12.8 Å². The van der Waals surface area contributed by atoms with E-state index in [1.165, 1.54) is 19.8 Å². The molecule has 72 valence electrons. The lowest BCUT2D eigenvalue weighted by Gasteiger charge is -2.10. The number of unbranched alkanes of at least 4 members (excludes halogenated alkanes) is 2. The summed E-state index contributed by atoms with van der Waals surface area (Å²) in [5, 5.41) is 0. The lowest BCUT2D eigenvalue weighted by atomic mass is 10.1. The average molecular weight is 173 g/mol. The van der Waals surface area contributed by atoms with Crippen molar-refractivity contribution in [1.82, 2.24) is 0 Å². The standard InChI is InChI=1S/C9H19NO2/c1-3-4-5-6-9(10)7-12-8(2)11/h9H,3-7,10H2,1-2H3. The van der Waals surface area contributed by atoms with Crippen LogP contribution in [-0.2, 0) is 9.53 Å². The third-order valence-electron chi connectivity index (χ3n) is 1.68. The zero-order valence-electron chi connectivity index (χ0n) is 8.01. The maximum absolute atomic E-state index is 10.4. The molecule has 0 radical (unpaired) electrons. The van der Waals surface area contributed by atoms with Gasteiger partial charge < -0.3 is 10.5 Å². The molecule has 0 aromatic carbocycles. The SMILES string of the molecule is CCCCCC(N)COC(C)=O. The van der Waals surface area contributed by atoms with E-state index in [4.69, 9.17) is 10.5 Å². The molecule has 0 fully saturated rings. The van der Waals surface area contributed by atoms with Gasteiger partial charge in [-0.2, -0.15) is 0 Å². The summed E-state index contributed by atoms with van der Waals surface area (Å²) < 4.78 is 4.77. The van der Waals surface area contributed by atoms with Gasteiger partial charge in [-0.3, -0.25) is 4.79 Å². The van der Waals surface area contributed by atoms with Crippen molar-refractivity contribution in [2.75, 3.05) is 6.61 Å². The van der Waals surface area contributed by atoms with Gasteiger partial charge >= 0.3 is 5.97 Å². The Bertz CT molecular complexity index is 126. The summed E-state index contributed by atoms with van der Waals surface area (Å²) >= 11 is 0. The first-order chi connectivity index (χ1) is 5.66. The smallest absolute Gasteiger partial charge is 0.302 e. The van der Waals surface area contributed by atoms with Gasteiger partial charge in [-0.1, -0.05) is 26.2 Å². The van der Waals surface area contributed by atoms with Crippen molar-refractivity contribution in [3.8, 4) is 0 Å². The van der Waals surface area contributed by atoms with Gasteiger partial charge in [0.1, 0.15) is 6.61 Å². The Morgan fingerprint density at radius 1 is 1.50 bits per heavy atom. The van der Waals surface area contributed by atoms with Gasteiger partial charge in [-0.05, 0) is 6.42 Å². The second-order valence-corrected chi connectivity index (χ2v) is 3.06. The molecule has 0 aliphatic carbocycles. The molecule has 0 aromatic heterocycles. The molecule has 0 aliphatic heterocycles. The van der Waals surface area contributed by atoms with E-state index in [9.17, 15) is 4.79 Å². The first-order valence-corrected chi connectivity index (χ1v) is 4.55. The first kappa shape index (κ1) is 11.4.